The average Bonchev–Trinajstić information content (AvgIpc) is 3.20. The van der Waals surface area contributed by atoms with Gasteiger partial charge >= 0.3 is 5.97 Å². The van der Waals surface area contributed by atoms with Crippen LogP contribution < -0.4 is 5.32 Å². The third-order valence-corrected chi connectivity index (χ3v) is 4.63. The molecule has 0 radical (unpaired) electrons. The summed E-state index contributed by atoms with van der Waals surface area (Å²) >= 11 is 3.48. The van der Waals surface area contributed by atoms with Crippen LogP contribution in [0.5, 0.6) is 0 Å². The van der Waals surface area contributed by atoms with Crippen LogP contribution in [0.15, 0.2) is 22.7 Å². The molecule has 2 rings (SSSR count). The Labute approximate surface area is 127 Å². The zero-order valence-electron chi connectivity index (χ0n) is 11.6. The summed E-state index contributed by atoms with van der Waals surface area (Å²) in [4.78, 5) is 11.4. The summed E-state index contributed by atoms with van der Waals surface area (Å²) in [6.45, 7) is 1.94. The number of benzene rings is 1. The van der Waals surface area contributed by atoms with E-state index < -0.39 is 0 Å². The lowest BCUT2D eigenvalue weighted by molar-refractivity contribution is 0.0600. The summed E-state index contributed by atoms with van der Waals surface area (Å²) in [5, 5.41) is 12.5. The third-order valence-electron chi connectivity index (χ3n) is 3.89. The number of esters is 1. The van der Waals surface area contributed by atoms with Crippen molar-refractivity contribution in [2.24, 2.45) is 5.41 Å². The van der Waals surface area contributed by atoms with Crippen molar-refractivity contribution in [2.45, 2.75) is 25.8 Å². The Kier molecular flexibility index (Phi) is 5.18. The summed E-state index contributed by atoms with van der Waals surface area (Å²) < 4.78 is 5.60. The Morgan fingerprint density at radius 3 is 2.80 bits per heavy atom. The fourth-order valence-corrected chi connectivity index (χ4v) is 2.85. The minimum atomic E-state index is -0.329. The zero-order chi connectivity index (χ0) is 14.6. The van der Waals surface area contributed by atoms with Crippen molar-refractivity contribution in [1.29, 1.82) is 0 Å². The van der Waals surface area contributed by atoms with Crippen LogP contribution in [-0.2, 0) is 11.3 Å². The molecule has 4 nitrogen and oxygen atoms in total. The standard InChI is InChI=1S/C15H20BrNO3/c1-20-14(19)11-2-3-12(13(16)8-11)9-17-10-15(4-5-15)6-7-18/h2-3,8,17-18H,4-7,9-10H2,1H3. The predicted molar refractivity (Wildman–Crippen MR) is 80.6 cm³/mol. The van der Waals surface area contributed by atoms with Crippen LogP contribution in [0.25, 0.3) is 0 Å². The van der Waals surface area contributed by atoms with E-state index in [1.54, 1.807) is 12.1 Å². The van der Waals surface area contributed by atoms with Crippen molar-refractivity contribution in [3.05, 3.63) is 33.8 Å². The van der Waals surface area contributed by atoms with Crippen molar-refractivity contribution >= 4 is 21.9 Å². The summed E-state index contributed by atoms with van der Waals surface area (Å²) in [5.74, 6) is -0.329. The lowest BCUT2D eigenvalue weighted by Crippen LogP contribution is -2.24. The van der Waals surface area contributed by atoms with E-state index in [1.807, 2.05) is 6.07 Å². The summed E-state index contributed by atoms with van der Waals surface area (Å²) in [6, 6.07) is 5.48. The predicted octanol–water partition coefficient (Wildman–Crippen LogP) is 2.49. The fraction of sp³-hybridized carbons (Fsp3) is 0.533. The molecule has 0 bridgehead atoms. The Morgan fingerprint density at radius 2 is 2.25 bits per heavy atom. The minimum absolute atomic E-state index is 0.263. The van der Waals surface area contributed by atoms with E-state index >= 15 is 0 Å². The number of nitrogens with one attached hydrogen (secondary N) is 1. The highest BCUT2D eigenvalue weighted by molar-refractivity contribution is 9.10. The SMILES string of the molecule is COC(=O)c1ccc(CNCC2(CCO)CC2)c(Br)c1. The second kappa shape index (κ2) is 6.70. The second-order valence-electron chi connectivity index (χ2n) is 5.37. The van der Waals surface area contributed by atoms with Gasteiger partial charge in [-0.15, -0.1) is 0 Å². The van der Waals surface area contributed by atoms with Crippen LogP contribution in [-0.4, -0.2) is 31.3 Å². The van der Waals surface area contributed by atoms with Gasteiger partial charge in [-0.3, -0.25) is 0 Å². The van der Waals surface area contributed by atoms with Gasteiger partial charge in [0.15, 0.2) is 0 Å². The molecule has 0 heterocycles. The van der Waals surface area contributed by atoms with E-state index in [9.17, 15) is 4.79 Å². The largest absolute Gasteiger partial charge is 0.465 e. The van der Waals surface area contributed by atoms with E-state index in [0.29, 0.717) is 11.0 Å². The number of aliphatic hydroxyl groups is 1. The van der Waals surface area contributed by atoms with Gasteiger partial charge in [-0.1, -0.05) is 22.0 Å². The molecule has 0 amide bonds. The van der Waals surface area contributed by atoms with E-state index in [1.165, 1.54) is 20.0 Å². The first-order valence-corrected chi connectivity index (χ1v) is 7.58. The highest BCUT2D eigenvalue weighted by Crippen LogP contribution is 2.47. The van der Waals surface area contributed by atoms with E-state index in [4.69, 9.17) is 9.84 Å². The smallest absolute Gasteiger partial charge is 0.337 e. The molecule has 1 aromatic rings. The maximum absolute atomic E-state index is 11.4. The summed E-state index contributed by atoms with van der Waals surface area (Å²) in [6.07, 6.45) is 3.27. The zero-order valence-corrected chi connectivity index (χ0v) is 13.2. The topological polar surface area (TPSA) is 58.6 Å². The van der Waals surface area contributed by atoms with Gasteiger partial charge in [-0.25, -0.2) is 4.79 Å². The maximum Gasteiger partial charge on any atom is 0.337 e. The van der Waals surface area contributed by atoms with Gasteiger partial charge in [-0.2, -0.15) is 0 Å². The molecule has 1 aliphatic carbocycles. The Balaban J connectivity index is 1.89. The number of carbonyl (C=O) groups is 1. The van der Waals surface area contributed by atoms with Crippen molar-refractivity contribution in [3.8, 4) is 0 Å². The number of halogens is 1. The van der Waals surface area contributed by atoms with Crippen LogP contribution in [0.4, 0.5) is 0 Å². The van der Waals surface area contributed by atoms with E-state index in [2.05, 4.69) is 21.2 Å². The third kappa shape index (κ3) is 3.81. The minimum Gasteiger partial charge on any atom is -0.465 e. The molecule has 110 valence electrons. The average molecular weight is 342 g/mol. The molecule has 1 aliphatic rings. The first-order valence-electron chi connectivity index (χ1n) is 6.78. The van der Waals surface area contributed by atoms with Crippen molar-refractivity contribution in [3.63, 3.8) is 0 Å². The van der Waals surface area contributed by atoms with Crippen molar-refractivity contribution < 1.29 is 14.6 Å². The Morgan fingerprint density at radius 1 is 1.50 bits per heavy atom. The van der Waals surface area contributed by atoms with Crippen LogP contribution in [0, 0.1) is 5.41 Å². The molecule has 0 atom stereocenters. The molecule has 1 saturated carbocycles. The van der Waals surface area contributed by atoms with Gasteiger partial charge in [0.25, 0.3) is 0 Å². The number of ether oxygens (including phenoxy) is 1. The molecule has 5 heteroatoms. The van der Waals surface area contributed by atoms with Crippen LogP contribution in [0.2, 0.25) is 0 Å². The monoisotopic (exact) mass is 341 g/mol. The molecule has 0 spiro atoms. The Hall–Kier alpha value is -0.910. The van der Waals surface area contributed by atoms with Gasteiger partial charge in [0, 0.05) is 24.2 Å². The molecule has 0 saturated heterocycles. The van der Waals surface area contributed by atoms with E-state index in [0.717, 1.165) is 29.5 Å². The number of carbonyl (C=O) groups excluding carboxylic acids is 1. The first kappa shape index (κ1) is 15.5. The molecule has 1 aromatic carbocycles. The number of rotatable bonds is 7. The number of methoxy groups -OCH3 is 1. The summed E-state index contributed by atoms with van der Waals surface area (Å²) in [5.41, 5.74) is 1.97. The second-order valence-corrected chi connectivity index (χ2v) is 6.23. The normalized spacial score (nSPS) is 15.9. The van der Waals surface area contributed by atoms with Crippen LogP contribution in [0.1, 0.15) is 35.2 Å². The molecular formula is C15H20BrNO3. The summed E-state index contributed by atoms with van der Waals surface area (Å²) in [7, 11) is 1.38. The van der Waals surface area contributed by atoms with Gasteiger partial charge in [0.1, 0.15) is 0 Å². The maximum atomic E-state index is 11.4. The molecule has 2 N–H and O–H groups in total. The lowest BCUT2D eigenvalue weighted by Gasteiger charge is -2.15. The number of aliphatic hydroxyl groups excluding tert-OH is 1. The molecule has 0 aromatic heterocycles. The molecule has 1 fully saturated rings. The highest BCUT2D eigenvalue weighted by atomic mass is 79.9. The lowest BCUT2D eigenvalue weighted by atomic mass is 10.0. The van der Waals surface area contributed by atoms with Gasteiger partial charge < -0.3 is 15.2 Å². The van der Waals surface area contributed by atoms with Crippen LogP contribution in [0.3, 0.4) is 0 Å². The Bertz CT molecular complexity index is 486. The number of hydrogen-bond acceptors (Lipinski definition) is 4. The number of hydrogen-bond donors (Lipinski definition) is 2. The quantitative estimate of drug-likeness (QED) is 0.748. The van der Waals surface area contributed by atoms with Crippen molar-refractivity contribution in [1.82, 2.24) is 5.32 Å². The molecule has 20 heavy (non-hydrogen) atoms. The van der Waals surface area contributed by atoms with Crippen LogP contribution >= 0.6 is 15.9 Å². The van der Waals surface area contributed by atoms with Gasteiger partial charge in [0.05, 0.1) is 12.7 Å². The first-order chi connectivity index (χ1) is 9.60. The van der Waals surface area contributed by atoms with Gasteiger partial charge in [-0.05, 0) is 42.4 Å². The molecular weight excluding hydrogens is 322 g/mol. The fourth-order valence-electron chi connectivity index (χ4n) is 2.33. The van der Waals surface area contributed by atoms with E-state index in [-0.39, 0.29) is 12.6 Å². The van der Waals surface area contributed by atoms with Crippen molar-refractivity contribution in [2.75, 3.05) is 20.3 Å². The molecule has 0 unspecified atom stereocenters. The molecule has 0 aliphatic heterocycles. The highest BCUT2D eigenvalue weighted by Gasteiger charge is 2.41. The van der Waals surface area contributed by atoms with Gasteiger partial charge in [0.2, 0.25) is 0 Å².